The minimum atomic E-state index is 0.0426. The van der Waals surface area contributed by atoms with Crippen LogP contribution in [0.3, 0.4) is 0 Å². The van der Waals surface area contributed by atoms with E-state index in [1.165, 1.54) is 5.56 Å². The third-order valence-corrected chi connectivity index (χ3v) is 4.33. The van der Waals surface area contributed by atoms with Crippen LogP contribution < -0.4 is 0 Å². The number of benzene rings is 1. The van der Waals surface area contributed by atoms with Gasteiger partial charge in [0.25, 0.3) is 0 Å². The fourth-order valence-corrected chi connectivity index (χ4v) is 2.20. The molecular formula is C17H25NO. The summed E-state index contributed by atoms with van der Waals surface area (Å²) in [6.07, 6.45) is 2.09. The van der Waals surface area contributed by atoms with Gasteiger partial charge in [-0.1, -0.05) is 47.6 Å². The lowest BCUT2D eigenvalue weighted by Gasteiger charge is -2.21. The van der Waals surface area contributed by atoms with Crippen molar-refractivity contribution in [2.24, 2.45) is 0 Å². The zero-order valence-corrected chi connectivity index (χ0v) is 13.0. The van der Waals surface area contributed by atoms with Crippen molar-refractivity contribution in [2.45, 2.75) is 65.2 Å². The van der Waals surface area contributed by atoms with Crippen LogP contribution >= 0.6 is 0 Å². The van der Waals surface area contributed by atoms with Gasteiger partial charge < -0.3 is 4.42 Å². The summed E-state index contributed by atoms with van der Waals surface area (Å²) in [5.41, 5.74) is 3.37. The Bertz CT molecular complexity index is 570. The van der Waals surface area contributed by atoms with Crippen molar-refractivity contribution in [1.29, 1.82) is 0 Å². The Balaban J connectivity index is 2.52. The zero-order valence-electron chi connectivity index (χ0n) is 13.0. The third kappa shape index (κ3) is 2.54. The average molecular weight is 259 g/mol. The van der Waals surface area contributed by atoms with Gasteiger partial charge in [0.2, 0.25) is 5.89 Å². The topological polar surface area (TPSA) is 26.0 Å². The van der Waals surface area contributed by atoms with Crippen LogP contribution in [0.15, 0.2) is 22.6 Å². The van der Waals surface area contributed by atoms with E-state index >= 15 is 0 Å². The summed E-state index contributed by atoms with van der Waals surface area (Å²) < 4.78 is 5.97. The predicted molar refractivity (Wildman–Crippen MR) is 80.6 cm³/mol. The number of rotatable bonds is 3. The molecule has 2 aromatic rings. The molecule has 2 heteroatoms. The first-order valence-electron chi connectivity index (χ1n) is 7.21. The third-order valence-electron chi connectivity index (χ3n) is 4.33. The van der Waals surface area contributed by atoms with Crippen LogP contribution in [0.25, 0.3) is 11.1 Å². The molecule has 2 rings (SSSR count). The predicted octanol–water partition coefficient (Wildman–Crippen LogP) is 5.20. The second-order valence-electron chi connectivity index (χ2n) is 6.72. The molecule has 0 saturated heterocycles. The maximum atomic E-state index is 5.97. The number of aromatic nitrogens is 1. The molecule has 0 bridgehead atoms. The van der Waals surface area contributed by atoms with Gasteiger partial charge in [-0.25, -0.2) is 4.98 Å². The van der Waals surface area contributed by atoms with Gasteiger partial charge in [0.05, 0.1) is 0 Å². The van der Waals surface area contributed by atoms with Gasteiger partial charge in [-0.3, -0.25) is 0 Å². The van der Waals surface area contributed by atoms with E-state index in [2.05, 4.69) is 59.7 Å². The van der Waals surface area contributed by atoms with E-state index in [0.29, 0.717) is 0 Å². The van der Waals surface area contributed by atoms with Crippen molar-refractivity contribution >= 4 is 11.1 Å². The van der Waals surface area contributed by atoms with Gasteiger partial charge in [0, 0.05) is 5.41 Å². The summed E-state index contributed by atoms with van der Waals surface area (Å²) in [4.78, 5) is 4.73. The molecule has 19 heavy (non-hydrogen) atoms. The maximum Gasteiger partial charge on any atom is 0.201 e. The molecule has 0 atom stereocenters. The van der Waals surface area contributed by atoms with Crippen molar-refractivity contribution in [3.63, 3.8) is 0 Å². The Kier molecular flexibility index (Phi) is 3.46. The number of fused-ring (bicyclic) bond motifs is 1. The quantitative estimate of drug-likeness (QED) is 0.757. The first kappa shape index (κ1) is 14.1. The molecule has 104 valence electrons. The molecule has 0 radical (unpaired) electrons. The summed E-state index contributed by atoms with van der Waals surface area (Å²) in [5, 5.41) is 0. The number of hydrogen-bond acceptors (Lipinski definition) is 2. The first-order chi connectivity index (χ1) is 8.80. The van der Waals surface area contributed by atoms with Crippen LogP contribution in [-0.4, -0.2) is 4.98 Å². The van der Waals surface area contributed by atoms with Crippen molar-refractivity contribution < 1.29 is 4.42 Å². The van der Waals surface area contributed by atoms with Gasteiger partial charge in [0.15, 0.2) is 5.58 Å². The van der Waals surface area contributed by atoms with Gasteiger partial charge in [-0.15, -0.1) is 0 Å². The van der Waals surface area contributed by atoms with E-state index < -0.39 is 0 Å². The highest BCUT2D eigenvalue weighted by Crippen LogP contribution is 2.33. The molecule has 0 amide bonds. The van der Waals surface area contributed by atoms with Crippen LogP contribution in [0, 0.1) is 0 Å². The molecule has 0 unspecified atom stereocenters. The first-order valence-corrected chi connectivity index (χ1v) is 7.21. The van der Waals surface area contributed by atoms with Crippen molar-refractivity contribution in [1.82, 2.24) is 4.98 Å². The van der Waals surface area contributed by atoms with E-state index in [9.17, 15) is 0 Å². The van der Waals surface area contributed by atoms with Crippen LogP contribution in [0.5, 0.6) is 0 Å². The van der Waals surface area contributed by atoms with E-state index in [0.717, 1.165) is 29.8 Å². The SMILES string of the molecule is CCC(C)(CC)c1nc2cc(C(C)(C)C)ccc2o1. The monoisotopic (exact) mass is 259 g/mol. The number of nitrogens with zero attached hydrogens (tertiary/aromatic N) is 1. The lowest BCUT2D eigenvalue weighted by molar-refractivity contribution is 0.336. The molecule has 0 aliphatic heterocycles. The minimum absolute atomic E-state index is 0.0426. The number of oxazole rings is 1. The van der Waals surface area contributed by atoms with Crippen LogP contribution in [-0.2, 0) is 10.8 Å². The normalized spacial score (nSPS) is 13.2. The summed E-state index contributed by atoms with van der Waals surface area (Å²) in [6, 6.07) is 6.36. The summed E-state index contributed by atoms with van der Waals surface area (Å²) in [6.45, 7) is 13.3. The molecule has 0 fully saturated rings. The standard InChI is InChI=1S/C17H25NO/c1-7-17(6,8-2)15-18-13-11-12(16(3,4)5)9-10-14(13)19-15/h9-11H,7-8H2,1-6H3. The van der Waals surface area contributed by atoms with E-state index in [-0.39, 0.29) is 10.8 Å². The largest absolute Gasteiger partial charge is 0.440 e. The van der Waals surface area contributed by atoms with Gasteiger partial charge in [0.1, 0.15) is 5.52 Å². The Labute approximate surface area is 116 Å². The Morgan fingerprint density at radius 1 is 1.05 bits per heavy atom. The fourth-order valence-electron chi connectivity index (χ4n) is 2.20. The Morgan fingerprint density at radius 2 is 1.68 bits per heavy atom. The van der Waals surface area contributed by atoms with Crippen molar-refractivity contribution in [3.8, 4) is 0 Å². The van der Waals surface area contributed by atoms with Gasteiger partial charge in [-0.05, 0) is 36.0 Å². The van der Waals surface area contributed by atoms with Crippen molar-refractivity contribution in [2.75, 3.05) is 0 Å². The lowest BCUT2D eigenvalue weighted by Crippen LogP contribution is -2.19. The molecule has 0 saturated carbocycles. The molecule has 2 nitrogen and oxygen atoms in total. The van der Waals surface area contributed by atoms with Crippen LogP contribution in [0.2, 0.25) is 0 Å². The highest BCUT2D eigenvalue weighted by atomic mass is 16.3. The zero-order chi connectivity index (χ0) is 14.3. The van der Waals surface area contributed by atoms with Crippen LogP contribution in [0.4, 0.5) is 0 Å². The molecule has 0 N–H and O–H groups in total. The minimum Gasteiger partial charge on any atom is -0.440 e. The van der Waals surface area contributed by atoms with Crippen molar-refractivity contribution in [3.05, 3.63) is 29.7 Å². The average Bonchev–Trinajstić information content (AvgIpc) is 2.80. The lowest BCUT2D eigenvalue weighted by atomic mass is 9.85. The molecule has 0 aliphatic rings. The maximum absolute atomic E-state index is 5.97. The molecule has 0 aliphatic carbocycles. The van der Waals surface area contributed by atoms with E-state index in [1.54, 1.807) is 0 Å². The summed E-state index contributed by atoms with van der Waals surface area (Å²) in [7, 11) is 0. The Hall–Kier alpha value is -1.31. The Morgan fingerprint density at radius 3 is 2.21 bits per heavy atom. The molecular weight excluding hydrogens is 234 g/mol. The smallest absolute Gasteiger partial charge is 0.201 e. The highest BCUT2D eigenvalue weighted by molar-refractivity contribution is 5.74. The van der Waals surface area contributed by atoms with Gasteiger partial charge >= 0.3 is 0 Å². The molecule has 1 aromatic carbocycles. The van der Waals surface area contributed by atoms with Gasteiger partial charge in [-0.2, -0.15) is 0 Å². The fraction of sp³-hybridized carbons (Fsp3) is 0.588. The molecule has 1 aromatic heterocycles. The second kappa shape index (κ2) is 4.66. The highest BCUT2D eigenvalue weighted by Gasteiger charge is 2.28. The molecule has 0 spiro atoms. The second-order valence-corrected chi connectivity index (χ2v) is 6.72. The summed E-state index contributed by atoms with van der Waals surface area (Å²) in [5.74, 6) is 0.874. The number of hydrogen-bond donors (Lipinski definition) is 0. The van der Waals surface area contributed by atoms with E-state index in [4.69, 9.17) is 9.40 Å². The van der Waals surface area contributed by atoms with E-state index in [1.807, 2.05) is 0 Å². The molecule has 1 heterocycles. The van der Waals surface area contributed by atoms with Crippen LogP contribution in [0.1, 0.15) is 65.8 Å². The summed E-state index contributed by atoms with van der Waals surface area (Å²) >= 11 is 0.